The van der Waals surface area contributed by atoms with Crippen LogP contribution < -0.4 is 0 Å². The summed E-state index contributed by atoms with van der Waals surface area (Å²) < 4.78 is 0. The van der Waals surface area contributed by atoms with Crippen LogP contribution in [-0.4, -0.2) is 0 Å². The Bertz CT molecular complexity index is 1120. The van der Waals surface area contributed by atoms with Gasteiger partial charge in [0.05, 0.1) is 0 Å². The van der Waals surface area contributed by atoms with E-state index in [9.17, 15) is 0 Å². The van der Waals surface area contributed by atoms with Crippen molar-refractivity contribution in [1.82, 2.24) is 0 Å². The van der Waals surface area contributed by atoms with Gasteiger partial charge in [0.1, 0.15) is 0 Å². The van der Waals surface area contributed by atoms with Crippen LogP contribution >= 0.6 is 0 Å². The minimum absolute atomic E-state index is 0.232. The van der Waals surface area contributed by atoms with E-state index >= 15 is 0 Å². The van der Waals surface area contributed by atoms with Crippen molar-refractivity contribution in [1.29, 1.82) is 0 Å². The molecule has 1 aliphatic rings. The molecule has 35 heavy (non-hydrogen) atoms. The summed E-state index contributed by atoms with van der Waals surface area (Å²) in [5.74, 6) is 1.23. The van der Waals surface area contributed by atoms with Crippen molar-refractivity contribution in [2.45, 2.75) is 110 Å². The molecule has 4 rings (SSSR count). The molecule has 0 saturated carbocycles. The van der Waals surface area contributed by atoms with Gasteiger partial charge in [-0.1, -0.05) is 120 Å². The number of hydrogen-bond acceptors (Lipinski definition) is 0. The van der Waals surface area contributed by atoms with Crippen molar-refractivity contribution in [2.75, 3.05) is 0 Å². The maximum Gasteiger partial charge on any atom is 0.00252 e. The summed E-state index contributed by atoms with van der Waals surface area (Å²) in [7, 11) is 0. The minimum atomic E-state index is 0.232. The van der Waals surface area contributed by atoms with Crippen molar-refractivity contribution < 1.29 is 0 Å². The first kappa shape index (κ1) is 25.7. The molecule has 0 aromatic heterocycles. The van der Waals surface area contributed by atoms with E-state index in [-0.39, 0.29) is 5.41 Å². The summed E-state index contributed by atoms with van der Waals surface area (Å²) in [6.45, 7) is 14.1. The third-order valence-electron chi connectivity index (χ3n) is 8.88. The van der Waals surface area contributed by atoms with Crippen LogP contribution in [0.5, 0.6) is 0 Å². The molecule has 3 aromatic rings. The molecular weight excluding hydrogens is 420 g/mol. The van der Waals surface area contributed by atoms with E-state index in [0.29, 0.717) is 11.8 Å². The van der Waals surface area contributed by atoms with E-state index in [1.807, 2.05) is 0 Å². The highest BCUT2D eigenvalue weighted by Gasteiger charge is 2.43. The molecule has 3 atom stereocenters. The third-order valence-corrected chi connectivity index (χ3v) is 8.88. The molecule has 0 saturated heterocycles. The maximum absolute atomic E-state index is 2.50. The van der Waals surface area contributed by atoms with Gasteiger partial charge in [-0.3, -0.25) is 0 Å². The molecule has 0 amide bonds. The average Bonchev–Trinajstić information content (AvgIpc) is 2.88. The summed E-state index contributed by atoms with van der Waals surface area (Å²) in [6.07, 6.45) is 10.1. The van der Waals surface area contributed by atoms with Crippen LogP contribution in [0.15, 0.2) is 60.7 Å². The molecule has 0 aliphatic heterocycles. The van der Waals surface area contributed by atoms with Gasteiger partial charge in [0.2, 0.25) is 0 Å². The molecule has 3 aromatic carbocycles. The monoisotopic (exact) mass is 466 g/mol. The lowest BCUT2D eigenvalue weighted by Gasteiger charge is -2.46. The number of hydrogen-bond donors (Lipinski definition) is 0. The van der Waals surface area contributed by atoms with Crippen molar-refractivity contribution in [3.05, 3.63) is 82.9 Å². The van der Waals surface area contributed by atoms with Crippen molar-refractivity contribution in [3.63, 3.8) is 0 Å². The van der Waals surface area contributed by atoms with Gasteiger partial charge in [0.15, 0.2) is 0 Å². The van der Waals surface area contributed by atoms with Gasteiger partial charge in [-0.2, -0.15) is 0 Å². The Balaban J connectivity index is 1.76. The van der Waals surface area contributed by atoms with Crippen molar-refractivity contribution >= 4 is 0 Å². The predicted molar refractivity (Wildman–Crippen MR) is 155 cm³/mol. The Hall–Kier alpha value is -2.34. The molecule has 186 valence electrons. The van der Waals surface area contributed by atoms with Crippen LogP contribution in [0.1, 0.15) is 120 Å². The smallest absolute Gasteiger partial charge is 0.00252 e. The highest BCUT2D eigenvalue weighted by molar-refractivity contribution is 5.81. The minimum Gasteiger partial charge on any atom is -0.0654 e. The van der Waals surface area contributed by atoms with Crippen LogP contribution in [0.4, 0.5) is 0 Å². The second-order valence-corrected chi connectivity index (χ2v) is 11.1. The first-order valence-corrected chi connectivity index (χ1v) is 14.3. The van der Waals surface area contributed by atoms with E-state index < -0.39 is 0 Å². The van der Waals surface area contributed by atoms with Crippen LogP contribution in [-0.2, 0) is 5.41 Å². The molecular formula is C35H46. The van der Waals surface area contributed by atoms with Crippen LogP contribution in [0.3, 0.4) is 0 Å². The largest absolute Gasteiger partial charge is 0.0654 e. The predicted octanol–water partition coefficient (Wildman–Crippen LogP) is 11.0. The zero-order chi connectivity index (χ0) is 25.0. The number of benzene rings is 3. The molecule has 0 nitrogen and oxygen atoms in total. The molecule has 0 N–H and O–H groups in total. The van der Waals surface area contributed by atoms with Crippen molar-refractivity contribution in [3.8, 4) is 22.3 Å². The highest BCUT2D eigenvalue weighted by Crippen LogP contribution is 2.56. The first-order chi connectivity index (χ1) is 17.0. The van der Waals surface area contributed by atoms with Crippen LogP contribution in [0, 0.1) is 6.92 Å². The van der Waals surface area contributed by atoms with E-state index in [4.69, 9.17) is 0 Å². The zero-order valence-corrected chi connectivity index (χ0v) is 23.1. The standard InChI is InChI=1S/C35H46/c1-7-11-12-13-26(6)27-15-17-28(18-16-27)29-19-21-34-32(24-29)30-20-14-25(5)23-31(30)33(9-3)35(34,10-4)22-8-2/h14-21,23-24,26,33H,7-13,22H2,1-6H3. The molecule has 0 heterocycles. The van der Waals surface area contributed by atoms with Gasteiger partial charge in [-0.15, -0.1) is 0 Å². The van der Waals surface area contributed by atoms with E-state index in [2.05, 4.69) is 102 Å². The van der Waals surface area contributed by atoms with Crippen LogP contribution in [0.25, 0.3) is 22.3 Å². The van der Waals surface area contributed by atoms with Gasteiger partial charge in [-0.05, 0) is 89.5 Å². The average molecular weight is 467 g/mol. The number of unbranched alkanes of at least 4 members (excludes halogenated alkanes) is 2. The number of aryl methyl sites for hydroxylation is 1. The molecule has 0 fully saturated rings. The quantitative estimate of drug-likeness (QED) is 0.261. The normalized spacial score (nSPS) is 19.8. The fourth-order valence-corrected chi connectivity index (χ4v) is 6.93. The Morgan fingerprint density at radius 1 is 0.771 bits per heavy atom. The third kappa shape index (κ3) is 4.87. The van der Waals surface area contributed by atoms with Crippen molar-refractivity contribution in [2.24, 2.45) is 0 Å². The Morgan fingerprint density at radius 3 is 2.17 bits per heavy atom. The molecule has 3 unspecified atom stereocenters. The van der Waals surface area contributed by atoms with E-state index in [1.165, 1.54) is 84.7 Å². The molecule has 0 spiro atoms. The summed E-state index contributed by atoms with van der Waals surface area (Å²) in [5, 5.41) is 0. The van der Waals surface area contributed by atoms with Gasteiger partial charge in [-0.25, -0.2) is 0 Å². The summed E-state index contributed by atoms with van der Waals surface area (Å²) >= 11 is 0. The molecule has 0 radical (unpaired) electrons. The van der Waals surface area contributed by atoms with Crippen LogP contribution in [0.2, 0.25) is 0 Å². The SMILES string of the molecule is CCCCCC(C)c1ccc(-c2ccc3c(c2)-c2ccc(C)cc2C(CC)C3(CC)CCC)cc1. The van der Waals surface area contributed by atoms with Gasteiger partial charge >= 0.3 is 0 Å². The van der Waals surface area contributed by atoms with E-state index in [0.717, 1.165) is 0 Å². The van der Waals surface area contributed by atoms with E-state index in [1.54, 1.807) is 11.1 Å². The molecule has 0 bridgehead atoms. The summed E-state index contributed by atoms with van der Waals surface area (Å²) in [5.41, 5.74) is 11.8. The Kier molecular flexibility index (Phi) is 8.20. The zero-order valence-electron chi connectivity index (χ0n) is 23.1. The fraction of sp³-hybridized carbons (Fsp3) is 0.486. The first-order valence-electron chi connectivity index (χ1n) is 14.3. The summed E-state index contributed by atoms with van der Waals surface area (Å²) in [6, 6.07) is 24.0. The lowest BCUT2D eigenvalue weighted by atomic mass is 9.57. The lowest BCUT2D eigenvalue weighted by molar-refractivity contribution is 0.292. The topological polar surface area (TPSA) is 0 Å². The molecule has 1 aliphatic carbocycles. The maximum atomic E-state index is 2.50. The highest BCUT2D eigenvalue weighted by atomic mass is 14.5. The number of fused-ring (bicyclic) bond motifs is 3. The lowest BCUT2D eigenvalue weighted by Crippen LogP contribution is -2.36. The second kappa shape index (κ2) is 11.2. The fourth-order valence-electron chi connectivity index (χ4n) is 6.93. The molecule has 0 heteroatoms. The van der Waals surface area contributed by atoms with Gasteiger partial charge < -0.3 is 0 Å². The Morgan fingerprint density at radius 2 is 1.51 bits per heavy atom. The second-order valence-electron chi connectivity index (χ2n) is 11.1. The van der Waals surface area contributed by atoms with Gasteiger partial charge in [0.25, 0.3) is 0 Å². The number of rotatable bonds is 10. The summed E-state index contributed by atoms with van der Waals surface area (Å²) in [4.78, 5) is 0. The van der Waals surface area contributed by atoms with Gasteiger partial charge in [0, 0.05) is 5.41 Å². The Labute approximate surface area is 215 Å².